The summed E-state index contributed by atoms with van der Waals surface area (Å²) >= 11 is 6.10. The molecular formula is C28H26ClNO2. The quantitative estimate of drug-likeness (QED) is 0.373. The lowest BCUT2D eigenvalue weighted by Crippen LogP contribution is -2.25. The van der Waals surface area contributed by atoms with E-state index in [0.717, 1.165) is 34.7 Å². The zero-order valence-corrected chi connectivity index (χ0v) is 19.3. The van der Waals surface area contributed by atoms with Crippen molar-refractivity contribution in [1.82, 2.24) is 0 Å². The maximum Gasteiger partial charge on any atom is 0.262 e. The molecule has 0 saturated heterocycles. The molecule has 1 aliphatic heterocycles. The number of carbonyl (C=O) groups is 1. The van der Waals surface area contributed by atoms with E-state index in [1.165, 1.54) is 5.56 Å². The van der Waals surface area contributed by atoms with E-state index in [2.05, 4.69) is 26.0 Å². The van der Waals surface area contributed by atoms with E-state index in [9.17, 15) is 4.79 Å². The second-order valence-corrected chi connectivity index (χ2v) is 8.39. The SMILES string of the molecule is CC[C@@H](C)c1ccc(N2C(=O)/C(=C\c3ccc(OC)cc3)C=C2c2ccc(Cl)cc2)cc1. The lowest BCUT2D eigenvalue weighted by atomic mass is 9.98. The second-order valence-electron chi connectivity index (χ2n) is 7.95. The molecule has 0 saturated carbocycles. The number of halogens is 1. The molecule has 4 heteroatoms. The fourth-order valence-electron chi connectivity index (χ4n) is 3.77. The number of rotatable bonds is 6. The van der Waals surface area contributed by atoms with Gasteiger partial charge in [-0.3, -0.25) is 9.69 Å². The summed E-state index contributed by atoms with van der Waals surface area (Å²) in [6.07, 6.45) is 4.93. The van der Waals surface area contributed by atoms with Crippen molar-refractivity contribution >= 4 is 35.0 Å². The summed E-state index contributed by atoms with van der Waals surface area (Å²) < 4.78 is 5.24. The van der Waals surface area contributed by atoms with Crippen LogP contribution in [-0.2, 0) is 4.79 Å². The van der Waals surface area contributed by atoms with Crippen LogP contribution in [-0.4, -0.2) is 13.0 Å². The molecular weight excluding hydrogens is 418 g/mol. The summed E-state index contributed by atoms with van der Waals surface area (Å²) in [4.78, 5) is 15.3. The van der Waals surface area contributed by atoms with Crippen molar-refractivity contribution in [3.63, 3.8) is 0 Å². The molecule has 0 spiro atoms. The van der Waals surface area contributed by atoms with E-state index < -0.39 is 0 Å². The Kier molecular flexibility index (Phi) is 6.48. The summed E-state index contributed by atoms with van der Waals surface area (Å²) in [6.45, 7) is 4.39. The number of nitrogens with zero attached hydrogens (tertiary/aromatic N) is 1. The van der Waals surface area contributed by atoms with E-state index in [1.807, 2.05) is 72.8 Å². The molecule has 4 rings (SSSR count). The van der Waals surface area contributed by atoms with Crippen LogP contribution in [0.1, 0.15) is 42.9 Å². The lowest BCUT2D eigenvalue weighted by molar-refractivity contribution is -0.113. The number of carbonyl (C=O) groups excluding carboxylic acids is 1. The van der Waals surface area contributed by atoms with Crippen molar-refractivity contribution in [3.05, 3.63) is 106 Å². The van der Waals surface area contributed by atoms with Gasteiger partial charge in [0.1, 0.15) is 5.75 Å². The smallest absolute Gasteiger partial charge is 0.262 e. The second kappa shape index (κ2) is 9.46. The van der Waals surface area contributed by atoms with Gasteiger partial charge in [0, 0.05) is 16.3 Å². The Morgan fingerprint density at radius 2 is 1.62 bits per heavy atom. The Morgan fingerprint density at radius 1 is 0.969 bits per heavy atom. The van der Waals surface area contributed by atoms with Gasteiger partial charge < -0.3 is 4.74 Å². The van der Waals surface area contributed by atoms with Gasteiger partial charge in [0.2, 0.25) is 0 Å². The molecule has 1 heterocycles. The minimum atomic E-state index is -0.0536. The summed E-state index contributed by atoms with van der Waals surface area (Å²) in [5, 5.41) is 0.664. The average molecular weight is 444 g/mol. The third kappa shape index (κ3) is 4.49. The van der Waals surface area contributed by atoms with E-state index in [1.54, 1.807) is 12.0 Å². The van der Waals surface area contributed by atoms with Crippen molar-refractivity contribution < 1.29 is 9.53 Å². The molecule has 162 valence electrons. The fraction of sp³-hybridized carbons (Fsp3) is 0.179. The molecule has 1 amide bonds. The summed E-state index contributed by atoms with van der Waals surface area (Å²) in [6, 6.07) is 23.5. The van der Waals surface area contributed by atoms with E-state index in [0.29, 0.717) is 16.5 Å². The normalized spacial score (nSPS) is 15.8. The molecule has 0 N–H and O–H groups in total. The van der Waals surface area contributed by atoms with Crippen LogP contribution in [0.15, 0.2) is 84.4 Å². The summed E-state index contributed by atoms with van der Waals surface area (Å²) in [5.41, 5.74) is 5.46. The van der Waals surface area contributed by atoms with Gasteiger partial charge >= 0.3 is 0 Å². The molecule has 0 radical (unpaired) electrons. The molecule has 0 aromatic heterocycles. The molecule has 32 heavy (non-hydrogen) atoms. The summed E-state index contributed by atoms with van der Waals surface area (Å²) in [7, 11) is 1.64. The molecule has 0 fully saturated rings. The van der Waals surface area contributed by atoms with Crippen molar-refractivity contribution in [2.24, 2.45) is 0 Å². The predicted octanol–water partition coefficient (Wildman–Crippen LogP) is 7.33. The van der Waals surface area contributed by atoms with E-state index in [4.69, 9.17) is 16.3 Å². The van der Waals surface area contributed by atoms with Gasteiger partial charge in [-0.05, 0) is 77.6 Å². The van der Waals surface area contributed by atoms with Crippen LogP contribution >= 0.6 is 11.6 Å². The third-order valence-electron chi connectivity index (χ3n) is 5.89. The van der Waals surface area contributed by atoms with Gasteiger partial charge in [-0.25, -0.2) is 0 Å². The number of hydrogen-bond donors (Lipinski definition) is 0. The highest BCUT2D eigenvalue weighted by atomic mass is 35.5. The van der Waals surface area contributed by atoms with Crippen LogP contribution < -0.4 is 9.64 Å². The van der Waals surface area contributed by atoms with Crippen molar-refractivity contribution in [2.75, 3.05) is 12.0 Å². The highest BCUT2D eigenvalue weighted by Crippen LogP contribution is 2.36. The van der Waals surface area contributed by atoms with Gasteiger partial charge in [0.05, 0.1) is 12.8 Å². The molecule has 0 bridgehead atoms. The van der Waals surface area contributed by atoms with Gasteiger partial charge in [0.15, 0.2) is 0 Å². The number of methoxy groups -OCH3 is 1. The minimum Gasteiger partial charge on any atom is -0.497 e. The van der Waals surface area contributed by atoms with Crippen LogP contribution in [0.4, 0.5) is 5.69 Å². The largest absolute Gasteiger partial charge is 0.497 e. The molecule has 1 atom stereocenters. The van der Waals surface area contributed by atoms with E-state index in [-0.39, 0.29) is 5.91 Å². The van der Waals surface area contributed by atoms with Gasteiger partial charge in [0.25, 0.3) is 5.91 Å². The third-order valence-corrected chi connectivity index (χ3v) is 6.15. The Hall–Kier alpha value is -3.30. The molecule has 3 aromatic rings. The predicted molar refractivity (Wildman–Crippen MR) is 133 cm³/mol. The number of amides is 1. The fourth-order valence-corrected chi connectivity index (χ4v) is 3.90. The number of anilines is 1. The Bertz CT molecular complexity index is 1160. The maximum absolute atomic E-state index is 13.5. The number of benzene rings is 3. The Morgan fingerprint density at radius 3 is 2.22 bits per heavy atom. The Balaban J connectivity index is 1.75. The highest BCUT2D eigenvalue weighted by Gasteiger charge is 2.30. The highest BCUT2D eigenvalue weighted by molar-refractivity contribution is 6.30. The first-order chi connectivity index (χ1) is 15.5. The van der Waals surface area contributed by atoms with Crippen molar-refractivity contribution in [1.29, 1.82) is 0 Å². The average Bonchev–Trinajstić information content (AvgIpc) is 3.15. The molecule has 3 aromatic carbocycles. The molecule has 1 aliphatic rings. The molecule has 0 aliphatic carbocycles. The Labute approximate surface area is 194 Å². The monoisotopic (exact) mass is 443 g/mol. The first kappa shape index (κ1) is 21.9. The maximum atomic E-state index is 13.5. The van der Waals surface area contributed by atoms with Crippen molar-refractivity contribution in [3.8, 4) is 5.75 Å². The molecule has 3 nitrogen and oxygen atoms in total. The van der Waals surface area contributed by atoms with Crippen LogP contribution in [0.25, 0.3) is 11.8 Å². The standard InChI is InChI=1S/C28H26ClNO2/c1-4-19(2)21-9-13-25(14-10-21)30-27(22-7-11-24(29)12-8-22)18-23(28(30)31)17-20-5-15-26(32-3)16-6-20/h5-19H,4H2,1-3H3/b23-17-/t19-/m1/s1. The first-order valence-electron chi connectivity index (χ1n) is 10.8. The lowest BCUT2D eigenvalue weighted by Gasteiger charge is -2.22. The zero-order valence-electron chi connectivity index (χ0n) is 18.5. The topological polar surface area (TPSA) is 29.5 Å². The van der Waals surface area contributed by atoms with Crippen LogP contribution in [0.5, 0.6) is 5.75 Å². The summed E-state index contributed by atoms with van der Waals surface area (Å²) in [5.74, 6) is 1.21. The van der Waals surface area contributed by atoms with Crippen molar-refractivity contribution in [2.45, 2.75) is 26.2 Å². The van der Waals surface area contributed by atoms with Gasteiger partial charge in [-0.1, -0.05) is 61.8 Å². The van der Waals surface area contributed by atoms with Crippen LogP contribution in [0.2, 0.25) is 5.02 Å². The van der Waals surface area contributed by atoms with Gasteiger partial charge in [-0.2, -0.15) is 0 Å². The van der Waals surface area contributed by atoms with E-state index >= 15 is 0 Å². The number of hydrogen-bond acceptors (Lipinski definition) is 2. The first-order valence-corrected chi connectivity index (χ1v) is 11.2. The zero-order chi connectivity index (χ0) is 22.7. The van der Waals surface area contributed by atoms with Gasteiger partial charge in [-0.15, -0.1) is 0 Å². The van der Waals surface area contributed by atoms with Crippen LogP contribution in [0, 0.1) is 0 Å². The van der Waals surface area contributed by atoms with Crippen LogP contribution in [0.3, 0.4) is 0 Å². The minimum absolute atomic E-state index is 0.0536. The molecule has 0 unspecified atom stereocenters. The number of ether oxygens (including phenoxy) is 1.